The van der Waals surface area contributed by atoms with Gasteiger partial charge in [0.15, 0.2) is 0 Å². The molecule has 0 unspecified atom stereocenters. The molecular weight excluding hydrogens is 436 g/mol. The van der Waals surface area contributed by atoms with E-state index in [-0.39, 0.29) is 27.5 Å². The van der Waals surface area contributed by atoms with Gasteiger partial charge < -0.3 is 5.32 Å². The fourth-order valence-electron chi connectivity index (χ4n) is 3.26. The van der Waals surface area contributed by atoms with Crippen molar-refractivity contribution in [1.29, 1.82) is 0 Å². The maximum atomic E-state index is 14.7. The maximum absolute atomic E-state index is 14.7. The molecule has 0 aromatic heterocycles. The molecule has 0 bridgehead atoms. The molecule has 0 spiro atoms. The summed E-state index contributed by atoms with van der Waals surface area (Å²) in [7, 11) is 0. The van der Waals surface area contributed by atoms with Crippen molar-refractivity contribution in [3.63, 3.8) is 0 Å². The Kier molecular flexibility index (Phi) is 6.67. The number of alkyl halides is 3. The normalized spacial score (nSPS) is 11.1. The average Bonchev–Trinajstić information content (AvgIpc) is 2.79. The Morgan fingerprint density at radius 3 is 2.00 bits per heavy atom. The Morgan fingerprint density at radius 1 is 0.848 bits per heavy atom. The lowest BCUT2D eigenvalue weighted by atomic mass is 9.99. The van der Waals surface area contributed by atoms with Gasteiger partial charge in [-0.25, -0.2) is 0 Å². The molecular formula is C25H20F4N2O2. The Balaban J connectivity index is 1.83. The molecule has 0 aliphatic heterocycles. The van der Waals surface area contributed by atoms with E-state index in [9.17, 15) is 27.2 Å². The van der Waals surface area contributed by atoms with Gasteiger partial charge in [0.05, 0.1) is 11.3 Å². The highest BCUT2D eigenvalue weighted by Gasteiger charge is 2.33. The summed E-state index contributed by atoms with van der Waals surface area (Å²) in [5.74, 6) is -1.49. The van der Waals surface area contributed by atoms with Gasteiger partial charge in [-0.05, 0) is 73.0 Å². The van der Waals surface area contributed by atoms with E-state index in [1.807, 2.05) is 0 Å². The molecule has 0 atom stereocenters. The van der Waals surface area contributed by atoms with E-state index >= 15 is 0 Å². The molecule has 0 fully saturated rings. The van der Waals surface area contributed by atoms with Crippen LogP contribution < -0.4 is 10.4 Å². The first-order valence-electron chi connectivity index (χ1n) is 9.83. The number of amides is 2. The average molecular weight is 456 g/mol. The maximum Gasteiger partial charge on any atom is 0.416 e. The van der Waals surface area contributed by atoms with Crippen LogP contribution in [0.15, 0.2) is 73.3 Å². The van der Waals surface area contributed by atoms with E-state index in [0.717, 1.165) is 0 Å². The van der Waals surface area contributed by atoms with Crippen molar-refractivity contribution in [2.75, 3.05) is 10.4 Å². The van der Waals surface area contributed by atoms with Crippen LogP contribution in [0.2, 0.25) is 0 Å². The monoisotopic (exact) mass is 456 g/mol. The fourth-order valence-corrected chi connectivity index (χ4v) is 3.26. The first-order valence-corrected chi connectivity index (χ1v) is 9.83. The molecule has 1 N–H and O–H groups in total. The minimum atomic E-state index is -4.57. The molecule has 3 rings (SSSR count). The van der Waals surface area contributed by atoms with Gasteiger partial charge in [-0.2, -0.15) is 13.2 Å². The number of hydrogen-bond acceptors (Lipinski definition) is 2. The number of allylic oxidation sites excluding steroid dienone is 1. The van der Waals surface area contributed by atoms with Crippen molar-refractivity contribution >= 4 is 28.8 Å². The zero-order valence-corrected chi connectivity index (χ0v) is 17.8. The quantitative estimate of drug-likeness (QED) is 0.345. The third-order valence-corrected chi connectivity index (χ3v) is 5.00. The number of hydrogen-bond donors (Lipinski definition) is 1. The summed E-state index contributed by atoms with van der Waals surface area (Å²) in [5, 5.41) is 2.60. The van der Waals surface area contributed by atoms with Crippen LogP contribution in [-0.2, 0) is 0 Å². The van der Waals surface area contributed by atoms with Crippen LogP contribution in [0.25, 0.3) is 5.57 Å². The molecule has 0 aliphatic carbocycles. The van der Waals surface area contributed by atoms with Gasteiger partial charge >= 0.3 is 6.18 Å². The molecule has 8 heteroatoms. The van der Waals surface area contributed by atoms with E-state index in [4.69, 9.17) is 0 Å². The Hall–Kier alpha value is -3.94. The van der Waals surface area contributed by atoms with Crippen molar-refractivity contribution in [3.05, 3.63) is 101 Å². The summed E-state index contributed by atoms with van der Waals surface area (Å²) in [5.41, 5.74) is 0.150. The summed E-state index contributed by atoms with van der Waals surface area (Å²) in [6.07, 6.45) is -4.57. The van der Waals surface area contributed by atoms with Crippen molar-refractivity contribution < 1.29 is 27.2 Å². The van der Waals surface area contributed by atoms with Gasteiger partial charge in [0.2, 0.25) is 0 Å². The van der Waals surface area contributed by atoms with Crippen LogP contribution in [0.4, 0.5) is 29.0 Å². The molecule has 33 heavy (non-hydrogen) atoms. The number of carbonyl (C=O) groups excluding carboxylic acids is 2. The Morgan fingerprint density at radius 2 is 1.42 bits per heavy atom. The lowest BCUT2D eigenvalue weighted by molar-refractivity contribution is -0.0686. The van der Waals surface area contributed by atoms with Crippen LogP contribution in [0.1, 0.15) is 37.4 Å². The summed E-state index contributed by atoms with van der Waals surface area (Å²) < 4.78 is 53.6. The topological polar surface area (TPSA) is 49.4 Å². The van der Waals surface area contributed by atoms with E-state index in [2.05, 4.69) is 11.9 Å². The van der Waals surface area contributed by atoms with E-state index in [1.54, 1.807) is 32.0 Å². The second-order valence-electron chi connectivity index (χ2n) is 7.42. The highest BCUT2D eigenvalue weighted by Crippen LogP contribution is 2.35. The molecule has 3 aromatic carbocycles. The molecule has 3 aromatic rings. The molecule has 0 saturated carbocycles. The zero-order chi connectivity index (χ0) is 24.3. The number of halogens is 4. The summed E-state index contributed by atoms with van der Waals surface area (Å²) >= 11 is 0. The molecule has 4 nitrogen and oxygen atoms in total. The number of nitrogens with one attached hydrogen (secondary N) is 1. The van der Waals surface area contributed by atoms with Gasteiger partial charge in [0.25, 0.3) is 11.8 Å². The predicted octanol–water partition coefficient (Wildman–Crippen LogP) is 6.66. The Bertz CT molecular complexity index is 1200. The predicted molar refractivity (Wildman–Crippen MR) is 120 cm³/mol. The smallest absolute Gasteiger partial charge is 0.322 e. The summed E-state index contributed by atoms with van der Waals surface area (Å²) in [6.45, 7) is 6.23. The van der Waals surface area contributed by atoms with Crippen molar-refractivity contribution in [3.8, 4) is 0 Å². The van der Waals surface area contributed by atoms with E-state index in [0.29, 0.717) is 16.8 Å². The number of carbonyl (C=O) groups is 2. The second kappa shape index (κ2) is 9.28. The van der Waals surface area contributed by atoms with Gasteiger partial charge in [-0.15, -0.1) is 5.12 Å². The first-order chi connectivity index (χ1) is 15.5. The van der Waals surface area contributed by atoms with Crippen molar-refractivity contribution in [2.24, 2.45) is 0 Å². The van der Waals surface area contributed by atoms with Crippen molar-refractivity contribution in [2.45, 2.75) is 20.0 Å². The fraction of sp³-hybridized carbons (Fsp3) is 0.120. The van der Waals surface area contributed by atoms with Crippen LogP contribution in [-0.4, -0.2) is 18.0 Å². The molecule has 0 radical (unpaired) electrons. The minimum Gasteiger partial charge on any atom is -0.322 e. The van der Waals surface area contributed by atoms with Crippen LogP contribution in [0.3, 0.4) is 0 Å². The SMILES string of the molecule is C=C(c1cc(C)c(NC(=O)c2cccc(N(F)C(=O)c3ccccc3)c2)c(C)c1)C(F)(F)F. The molecule has 170 valence electrons. The van der Waals surface area contributed by atoms with Crippen LogP contribution in [0, 0.1) is 13.8 Å². The van der Waals surface area contributed by atoms with Crippen molar-refractivity contribution in [1.82, 2.24) is 0 Å². The van der Waals surface area contributed by atoms with E-state index in [1.165, 1.54) is 48.5 Å². The third kappa shape index (κ3) is 5.28. The van der Waals surface area contributed by atoms with Gasteiger partial charge in [-0.1, -0.05) is 35.3 Å². The number of anilines is 2. The Labute approximate surface area is 188 Å². The molecule has 0 saturated heterocycles. The lowest BCUT2D eigenvalue weighted by Crippen LogP contribution is -2.22. The number of benzene rings is 3. The lowest BCUT2D eigenvalue weighted by Gasteiger charge is -2.17. The second-order valence-corrected chi connectivity index (χ2v) is 7.42. The summed E-state index contributed by atoms with van der Waals surface area (Å²) in [6, 6.07) is 15.8. The molecule has 2 amide bonds. The molecule has 0 aliphatic rings. The van der Waals surface area contributed by atoms with Crippen LogP contribution >= 0.6 is 0 Å². The number of rotatable bonds is 5. The largest absolute Gasteiger partial charge is 0.416 e. The number of nitrogens with zero attached hydrogens (tertiary/aromatic N) is 1. The van der Waals surface area contributed by atoms with E-state index < -0.39 is 23.6 Å². The van der Waals surface area contributed by atoms with Gasteiger partial charge in [0.1, 0.15) is 0 Å². The van der Waals surface area contributed by atoms with Gasteiger partial charge in [0, 0.05) is 16.8 Å². The summed E-state index contributed by atoms with van der Waals surface area (Å²) in [4.78, 5) is 25.1. The highest BCUT2D eigenvalue weighted by atomic mass is 19.4. The van der Waals surface area contributed by atoms with Crippen LogP contribution in [0.5, 0.6) is 0 Å². The minimum absolute atomic E-state index is 0.0554. The standard InChI is InChI=1S/C25H20F4N2O2/c1-15-12-20(17(3)25(26,27)28)13-16(2)22(15)30-23(32)19-10-7-11-21(14-19)31(29)24(33)18-8-5-4-6-9-18/h4-14H,3H2,1-2H3,(H,30,32). The number of aryl methyl sites for hydroxylation is 2. The van der Waals surface area contributed by atoms with Gasteiger partial charge in [-0.3, -0.25) is 9.59 Å². The molecule has 0 heterocycles. The third-order valence-electron chi connectivity index (χ3n) is 5.00. The zero-order valence-electron chi connectivity index (χ0n) is 17.8. The first kappa shape index (κ1) is 23.7. The highest BCUT2D eigenvalue weighted by molar-refractivity contribution is 6.08.